The van der Waals surface area contributed by atoms with Crippen LogP contribution in [0.3, 0.4) is 0 Å². The van der Waals surface area contributed by atoms with Crippen molar-refractivity contribution < 1.29 is 14.3 Å². The molecule has 41 heavy (non-hydrogen) atoms. The van der Waals surface area contributed by atoms with E-state index in [4.69, 9.17) is 4.74 Å². The minimum absolute atomic E-state index is 0.0367. The van der Waals surface area contributed by atoms with Crippen LogP contribution in [-0.4, -0.2) is 67.0 Å². The number of fused-ring (bicyclic) bond motifs is 2. The highest BCUT2D eigenvalue weighted by atomic mass is 16.5. The molecule has 5 rings (SSSR count). The van der Waals surface area contributed by atoms with Gasteiger partial charge in [0.25, 0.3) is 5.91 Å². The number of hydrogen-bond donors (Lipinski definition) is 1. The molecule has 2 aliphatic rings. The highest BCUT2D eigenvalue weighted by Crippen LogP contribution is 2.34. The summed E-state index contributed by atoms with van der Waals surface area (Å²) in [5.74, 6) is 1.01. The summed E-state index contributed by atoms with van der Waals surface area (Å²) in [6.07, 6.45) is 3.38. The van der Waals surface area contributed by atoms with E-state index in [2.05, 4.69) is 60.8 Å². The number of piperazine rings is 1. The van der Waals surface area contributed by atoms with Gasteiger partial charge in [-0.05, 0) is 72.6 Å². The normalized spacial score (nSPS) is 18.3. The Balaban J connectivity index is 1.30. The fourth-order valence-electron chi connectivity index (χ4n) is 5.92. The predicted molar refractivity (Wildman–Crippen MR) is 164 cm³/mol. The average Bonchev–Trinajstić information content (AvgIpc) is 2.98. The van der Waals surface area contributed by atoms with Crippen molar-refractivity contribution in [2.45, 2.75) is 51.6 Å². The summed E-state index contributed by atoms with van der Waals surface area (Å²) in [4.78, 5) is 29.9. The Morgan fingerprint density at radius 2 is 1.71 bits per heavy atom. The largest absolute Gasteiger partial charge is 0.494 e. The molecule has 1 fully saturated rings. The summed E-state index contributed by atoms with van der Waals surface area (Å²) >= 11 is 0. The number of rotatable bonds is 10. The molecule has 3 aromatic rings. The predicted octanol–water partition coefficient (Wildman–Crippen LogP) is 5.05. The Labute approximate surface area is 244 Å². The first-order valence-corrected chi connectivity index (χ1v) is 14.7. The second-order valence-electron chi connectivity index (χ2n) is 11.4. The number of aryl methyl sites for hydroxylation is 2. The summed E-state index contributed by atoms with van der Waals surface area (Å²) in [5.41, 5.74) is 6.66. The van der Waals surface area contributed by atoms with Crippen LogP contribution in [0.15, 0.2) is 84.4 Å². The number of likely N-dealkylation sites (N-methyl/N-ethyl adjacent to an activating group) is 1. The third-order valence-corrected chi connectivity index (χ3v) is 8.18. The second-order valence-corrected chi connectivity index (χ2v) is 11.4. The number of amides is 2. The Morgan fingerprint density at radius 1 is 0.951 bits per heavy atom. The van der Waals surface area contributed by atoms with Crippen molar-refractivity contribution in [3.05, 3.63) is 107 Å². The first-order chi connectivity index (χ1) is 19.9. The smallest absolute Gasteiger partial charge is 0.251 e. The van der Waals surface area contributed by atoms with E-state index < -0.39 is 0 Å². The Kier molecular flexibility index (Phi) is 9.20. The van der Waals surface area contributed by atoms with Crippen LogP contribution in [-0.2, 0) is 22.4 Å². The van der Waals surface area contributed by atoms with E-state index in [1.54, 1.807) is 6.92 Å². The van der Waals surface area contributed by atoms with Gasteiger partial charge in [0.2, 0.25) is 5.91 Å². The highest BCUT2D eigenvalue weighted by molar-refractivity contribution is 6.03. The molecule has 0 spiro atoms. The molecule has 2 heterocycles. The first-order valence-electron chi connectivity index (χ1n) is 14.7. The number of carbonyl (C=O) groups excluding carboxylic acids is 2. The number of hydrogen-bond acceptors (Lipinski definition) is 4. The van der Waals surface area contributed by atoms with Crippen LogP contribution in [0.2, 0.25) is 0 Å². The molecule has 0 saturated carbocycles. The zero-order valence-corrected chi connectivity index (χ0v) is 24.4. The topological polar surface area (TPSA) is 61.9 Å². The maximum atomic E-state index is 14.0. The minimum Gasteiger partial charge on any atom is -0.494 e. The summed E-state index contributed by atoms with van der Waals surface area (Å²) in [7, 11) is 1.88. The molecule has 2 bridgehead atoms. The molecule has 214 valence electrons. The molecule has 0 radical (unpaired) electrons. The van der Waals surface area contributed by atoms with Gasteiger partial charge < -0.3 is 19.9 Å². The summed E-state index contributed by atoms with van der Waals surface area (Å²) in [6.45, 7) is 6.17. The summed E-state index contributed by atoms with van der Waals surface area (Å²) in [5, 5.41) is 3.65. The lowest BCUT2D eigenvalue weighted by Gasteiger charge is -2.44. The quantitative estimate of drug-likeness (QED) is 0.358. The second kappa shape index (κ2) is 13.2. The van der Waals surface area contributed by atoms with E-state index in [9.17, 15) is 9.59 Å². The molecule has 1 unspecified atom stereocenters. The van der Waals surface area contributed by atoms with Crippen molar-refractivity contribution in [1.82, 2.24) is 15.1 Å². The maximum absolute atomic E-state index is 14.0. The van der Waals surface area contributed by atoms with Crippen molar-refractivity contribution in [3.63, 3.8) is 0 Å². The van der Waals surface area contributed by atoms with Gasteiger partial charge in [-0.2, -0.15) is 0 Å². The van der Waals surface area contributed by atoms with E-state index in [-0.39, 0.29) is 23.9 Å². The lowest BCUT2D eigenvalue weighted by atomic mass is 9.82. The van der Waals surface area contributed by atoms with E-state index >= 15 is 0 Å². The number of nitrogens with one attached hydrogen (secondary N) is 1. The van der Waals surface area contributed by atoms with Gasteiger partial charge in [0, 0.05) is 45.2 Å². The highest BCUT2D eigenvalue weighted by Gasteiger charge is 2.39. The van der Waals surface area contributed by atoms with Gasteiger partial charge in [0.15, 0.2) is 0 Å². The van der Waals surface area contributed by atoms with Crippen LogP contribution in [0.5, 0.6) is 5.75 Å². The molecular weight excluding hydrogens is 510 g/mol. The van der Waals surface area contributed by atoms with Gasteiger partial charge in [-0.3, -0.25) is 9.59 Å². The Morgan fingerprint density at radius 3 is 2.44 bits per heavy atom. The van der Waals surface area contributed by atoms with E-state index in [1.807, 2.05) is 47.2 Å². The molecule has 3 aromatic carbocycles. The van der Waals surface area contributed by atoms with Crippen molar-refractivity contribution in [3.8, 4) is 5.75 Å². The van der Waals surface area contributed by atoms with E-state index in [0.29, 0.717) is 26.2 Å². The number of nitrogens with zero attached hydrogens (tertiary/aromatic N) is 2. The molecule has 1 N–H and O–H groups in total. The van der Waals surface area contributed by atoms with Crippen LogP contribution >= 0.6 is 0 Å². The van der Waals surface area contributed by atoms with Crippen LogP contribution in [0.25, 0.3) is 5.57 Å². The van der Waals surface area contributed by atoms with Crippen molar-refractivity contribution >= 4 is 17.4 Å². The van der Waals surface area contributed by atoms with Crippen LogP contribution in [0.4, 0.5) is 0 Å². The van der Waals surface area contributed by atoms with Crippen LogP contribution < -0.4 is 10.1 Å². The average molecular weight is 552 g/mol. The van der Waals surface area contributed by atoms with Gasteiger partial charge in [0.05, 0.1) is 12.6 Å². The Bertz CT molecular complexity index is 1380. The molecule has 6 heteroatoms. The summed E-state index contributed by atoms with van der Waals surface area (Å²) in [6, 6.07) is 27.0. The molecule has 0 aliphatic carbocycles. The standard InChI is InChI=1S/C35H41N3O3/c1-25-9-7-13-31(21-25)41-20-8-12-28-14-16-29(17-15-28)32-22-30-23-38(26(2)39)24-33(36-30)34(32)35(40)37(3)19-18-27-10-5-4-6-11-27/h4-7,9-11,13-17,21,30,33,36H,8,12,18-20,22-24H2,1-3H3/t30?,33-/m1/s1. The molecule has 2 atom stereocenters. The summed E-state index contributed by atoms with van der Waals surface area (Å²) < 4.78 is 5.92. The Hall–Kier alpha value is -3.90. The fourth-order valence-corrected chi connectivity index (χ4v) is 5.92. The number of benzene rings is 3. The third kappa shape index (κ3) is 7.25. The molecule has 1 saturated heterocycles. The van der Waals surface area contributed by atoms with Crippen molar-refractivity contribution in [1.29, 1.82) is 0 Å². The SMILES string of the molecule is CC(=O)N1CC2CC(c3ccc(CCCOc4cccc(C)c4)cc3)=C(C(=O)N(C)CCc3ccccc3)[C@@H](C1)N2. The van der Waals surface area contributed by atoms with Crippen LogP contribution in [0, 0.1) is 6.92 Å². The molecule has 6 nitrogen and oxygen atoms in total. The zero-order chi connectivity index (χ0) is 28.8. The van der Waals surface area contributed by atoms with Crippen LogP contribution in [0.1, 0.15) is 42.0 Å². The van der Waals surface area contributed by atoms with Crippen molar-refractivity contribution in [2.24, 2.45) is 0 Å². The van der Waals surface area contributed by atoms with Gasteiger partial charge >= 0.3 is 0 Å². The molecular formula is C35H41N3O3. The monoisotopic (exact) mass is 551 g/mol. The van der Waals surface area contributed by atoms with Gasteiger partial charge in [0.1, 0.15) is 5.75 Å². The van der Waals surface area contributed by atoms with E-state index in [0.717, 1.165) is 48.1 Å². The molecule has 2 amide bonds. The first kappa shape index (κ1) is 28.6. The van der Waals surface area contributed by atoms with Gasteiger partial charge in [-0.1, -0.05) is 66.7 Å². The van der Waals surface area contributed by atoms with E-state index in [1.165, 1.54) is 16.7 Å². The fraction of sp³-hybridized carbons (Fsp3) is 0.371. The number of ether oxygens (including phenoxy) is 1. The number of carbonyl (C=O) groups is 2. The minimum atomic E-state index is -0.175. The van der Waals surface area contributed by atoms with Gasteiger partial charge in [-0.15, -0.1) is 0 Å². The molecule has 2 aliphatic heterocycles. The van der Waals surface area contributed by atoms with Crippen molar-refractivity contribution in [2.75, 3.05) is 33.3 Å². The maximum Gasteiger partial charge on any atom is 0.251 e. The van der Waals surface area contributed by atoms with Gasteiger partial charge in [-0.25, -0.2) is 0 Å². The zero-order valence-electron chi connectivity index (χ0n) is 24.4. The third-order valence-electron chi connectivity index (χ3n) is 8.18. The lowest BCUT2D eigenvalue weighted by Crippen LogP contribution is -2.61. The lowest BCUT2D eigenvalue weighted by molar-refractivity contribution is -0.132. The molecule has 0 aromatic heterocycles.